The standard InChI is InChI=1S/C14H24O2/c1-15-8-13-11-3-10-4-12(13)7-14(5-10,6-11)9-16-2/h10-13H,3-9H2,1-2H3. The Labute approximate surface area is 98.7 Å². The van der Waals surface area contributed by atoms with Crippen molar-refractivity contribution in [2.75, 3.05) is 27.4 Å². The average Bonchev–Trinajstić information content (AvgIpc) is 2.22. The molecule has 16 heavy (non-hydrogen) atoms. The number of methoxy groups -OCH3 is 2. The van der Waals surface area contributed by atoms with E-state index in [0.29, 0.717) is 5.41 Å². The summed E-state index contributed by atoms with van der Waals surface area (Å²) in [6.45, 7) is 1.99. The summed E-state index contributed by atoms with van der Waals surface area (Å²) >= 11 is 0. The minimum atomic E-state index is 0.551. The van der Waals surface area contributed by atoms with Crippen molar-refractivity contribution in [1.82, 2.24) is 0 Å². The molecule has 2 heteroatoms. The maximum Gasteiger partial charge on any atom is 0.0518 e. The van der Waals surface area contributed by atoms with E-state index in [2.05, 4.69) is 0 Å². The van der Waals surface area contributed by atoms with Crippen molar-refractivity contribution in [3.63, 3.8) is 0 Å². The Hall–Kier alpha value is -0.0800. The summed E-state index contributed by atoms with van der Waals surface area (Å²) in [6, 6.07) is 0. The van der Waals surface area contributed by atoms with Crippen LogP contribution in [0.1, 0.15) is 32.1 Å². The molecule has 2 nitrogen and oxygen atoms in total. The van der Waals surface area contributed by atoms with Crippen LogP contribution in [0.25, 0.3) is 0 Å². The first kappa shape index (κ1) is 11.0. The third kappa shape index (κ3) is 1.62. The molecule has 4 rings (SSSR count). The van der Waals surface area contributed by atoms with Crippen LogP contribution < -0.4 is 0 Å². The summed E-state index contributed by atoms with van der Waals surface area (Å²) in [5.41, 5.74) is 0.551. The van der Waals surface area contributed by atoms with Gasteiger partial charge in [-0.15, -0.1) is 0 Å². The first-order chi connectivity index (χ1) is 7.76. The first-order valence-electron chi connectivity index (χ1n) is 6.74. The molecule has 0 saturated heterocycles. The van der Waals surface area contributed by atoms with Crippen molar-refractivity contribution in [3.8, 4) is 0 Å². The third-order valence-electron chi connectivity index (χ3n) is 5.40. The summed E-state index contributed by atoms with van der Waals surface area (Å²) in [5, 5.41) is 0. The van der Waals surface area contributed by atoms with Crippen molar-refractivity contribution in [1.29, 1.82) is 0 Å². The molecular formula is C14H24O2. The summed E-state index contributed by atoms with van der Waals surface area (Å²) in [7, 11) is 3.72. The number of hydrogen-bond donors (Lipinski definition) is 0. The molecule has 0 spiro atoms. The first-order valence-corrected chi connectivity index (χ1v) is 6.74. The zero-order valence-electron chi connectivity index (χ0n) is 10.6. The fourth-order valence-electron chi connectivity index (χ4n) is 5.25. The maximum atomic E-state index is 5.49. The van der Waals surface area contributed by atoms with Gasteiger partial charge in [0.05, 0.1) is 6.61 Å². The van der Waals surface area contributed by atoms with E-state index in [1.54, 1.807) is 0 Å². The van der Waals surface area contributed by atoms with Crippen molar-refractivity contribution < 1.29 is 9.47 Å². The molecule has 0 N–H and O–H groups in total. The van der Waals surface area contributed by atoms with E-state index in [1.165, 1.54) is 32.1 Å². The molecule has 4 fully saturated rings. The highest BCUT2D eigenvalue weighted by atomic mass is 16.5. The van der Waals surface area contributed by atoms with Crippen molar-refractivity contribution in [2.24, 2.45) is 29.1 Å². The number of ether oxygens (including phenoxy) is 2. The topological polar surface area (TPSA) is 18.5 Å². The summed E-state index contributed by atoms with van der Waals surface area (Å²) in [4.78, 5) is 0. The van der Waals surface area contributed by atoms with E-state index in [1.807, 2.05) is 14.2 Å². The highest BCUT2D eigenvalue weighted by Gasteiger charge is 2.54. The Balaban J connectivity index is 1.78. The van der Waals surface area contributed by atoms with Gasteiger partial charge in [-0.05, 0) is 61.2 Å². The smallest absolute Gasteiger partial charge is 0.0518 e. The molecule has 92 valence electrons. The van der Waals surface area contributed by atoms with Gasteiger partial charge in [0.25, 0.3) is 0 Å². The third-order valence-corrected chi connectivity index (χ3v) is 5.40. The molecule has 0 aromatic rings. The Morgan fingerprint density at radius 3 is 2.25 bits per heavy atom. The molecule has 4 saturated carbocycles. The Morgan fingerprint density at radius 1 is 1.00 bits per heavy atom. The van der Waals surface area contributed by atoms with Gasteiger partial charge in [0.2, 0.25) is 0 Å². The number of rotatable bonds is 4. The van der Waals surface area contributed by atoms with Gasteiger partial charge in [-0.25, -0.2) is 0 Å². The molecule has 4 aliphatic carbocycles. The zero-order chi connectivity index (χ0) is 11.2. The van der Waals surface area contributed by atoms with E-state index in [9.17, 15) is 0 Å². The van der Waals surface area contributed by atoms with Gasteiger partial charge >= 0.3 is 0 Å². The Kier molecular flexibility index (Phi) is 2.75. The minimum Gasteiger partial charge on any atom is -0.384 e. The Morgan fingerprint density at radius 2 is 1.69 bits per heavy atom. The molecule has 2 unspecified atom stereocenters. The lowest BCUT2D eigenvalue weighted by Crippen LogP contribution is -2.53. The van der Waals surface area contributed by atoms with E-state index in [4.69, 9.17) is 9.47 Å². The molecule has 4 bridgehead atoms. The largest absolute Gasteiger partial charge is 0.384 e. The van der Waals surface area contributed by atoms with Crippen molar-refractivity contribution in [2.45, 2.75) is 32.1 Å². The monoisotopic (exact) mass is 224 g/mol. The second-order valence-corrected chi connectivity index (χ2v) is 6.52. The fourth-order valence-corrected chi connectivity index (χ4v) is 5.25. The van der Waals surface area contributed by atoms with Crippen molar-refractivity contribution in [3.05, 3.63) is 0 Å². The molecule has 0 aliphatic heterocycles. The van der Waals surface area contributed by atoms with Crippen LogP contribution >= 0.6 is 0 Å². The highest BCUT2D eigenvalue weighted by molar-refractivity contribution is 5.04. The summed E-state index contributed by atoms with van der Waals surface area (Å²) < 4.78 is 10.9. The minimum absolute atomic E-state index is 0.551. The molecule has 0 aromatic carbocycles. The predicted octanol–water partition coefficient (Wildman–Crippen LogP) is 2.72. The maximum absolute atomic E-state index is 5.49. The highest BCUT2D eigenvalue weighted by Crippen LogP contribution is 2.62. The fraction of sp³-hybridized carbons (Fsp3) is 1.00. The van der Waals surface area contributed by atoms with Crippen LogP contribution in [-0.2, 0) is 9.47 Å². The van der Waals surface area contributed by atoms with Crippen LogP contribution in [0.5, 0.6) is 0 Å². The molecule has 0 radical (unpaired) electrons. The van der Waals surface area contributed by atoms with Gasteiger partial charge < -0.3 is 9.47 Å². The second kappa shape index (κ2) is 3.99. The lowest BCUT2D eigenvalue weighted by Gasteiger charge is -2.60. The zero-order valence-corrected chi connectivity index (χ0v) is 10.6. The molecule has 0 amide bonds. The van der Waals surface area contributed by atoms with Gasteiger partial charge in [-0.1, -0.05) is 0 Å². The van der Waals surface area contributed by atoms with Gasteiger partial charge in [0.1, 0.15) is 0 Å². The second-order valence-electron chi connectivity index (χ2n) is 6.52. The lowest BCUT2D eigenvalue weighted by molar-refractivity contribution is -0.134. The number of hydrogen-bond acceptors (Lipinski definition) is 2. The van der Waals surface area contributed by atoms with Crippen LogP contribution in [0.2, 0.25) is 0 Å². The van der Waals surface area contributed by atoms with Crippen LogP contribution in [-0.4, -0.2) is 27.4 Å². The average molecular weight is 224 g/mol. The SMILES string of the molecule is COCC1C2CC3CC1CC(COC)(C3)C2. The normalized spacial score (nSPS) is 49.9. The molecule has 0 aromatic heterocycles. The molecule has 4 aliphatic rings. The van der Waals surface area contributed by atoms with Gasteiger partial charge in [-0.3, -0.25) is 0 Å². The van der Waals surface area contributed by atoms with E-state index in [0.717, 1.165) is 36.9 Å². The van der Waals surface area contributed by atoms with Crippen LogP contribution in [0, 0.1) is 29.1 Å². The lowest BCUT2D eigenvalue weighted by atomic mass is 9.46. The van der Waals surface area contributed by atoms with E-state index in [-0.39, 0.29) is 0 Å². The van der Waals surface area contributed by atoms with Crippen molar-refractivity contribution >= 4 is 0 Å². The molecule has 2 atom stereocenters. The van der Waals surface area contributed by atoms with E-state index >= 15 is 0 Å². The summed E-state index contributed by atoms with van der Waals surface area (Å²) in [5.74, 6) is 3.72. The predicted molar refractivity (Wildman–Crippen MR) is 63.2 cm³/mol. The van der Waals surface area contributed by atoms with Gasteiger partial charge in [0, 0.05) is 20.8 Å². The summed E-state index contributed by atoms with van der Waals surface area (Å²) in [6.07, 6.45) is 7.18. The van der Waals surface area contributed by atoms with Crippen LogP contribution in [0.3, 0.4) is 0 Å². The van der Waals surface area contributed by atoms with Gasteiger partial charge in [0.15, 0.2) is 0 Å². The van der Waals surface area contributed by atoms with E-state index < -0.39 is 0 Å². The quantitative estimate of drug-likeness (QED) is 0.731. The molecular weight excluding hydrogens is 200 g/mol. The van der Waals surface area contributed by atoms with Crippen LogP contribution in [0.4, 0.5) is 0 Å². The Bertz CT molecular complexity index is 247. The van der Waals surface area contributed by atoms with Crippen LogP contribution in [0.15, 0.2) is 0 Å². The van der Waals surface area contributed by atoms with Gasteiger partial charge in [-0.2, -0.15) is 0 Å². The molecule has 0 heterocycles.